The Kier molecular flexibility index (Phi) is 5.77. The normalized spacial score (nSPS) is 23.0. The molecule has 0 saturated carbocycles. The first-order valence-electron chi connectivity index (χ1n) is 8.50. The molecule has 1 aliphatic heterocycles. The zero-order chi connectivity index (χ0) is 19.4. The molecule has 0 radical (unpaired) electrons. The molecule has 0 aromatic heterocycles. The molecule has 1 heterocycles. The van der Waals surface area contributed by atoms with Gasteiger partial charge in [-0.25, -0.2) is 9.59 Å². The highest BCUT2D eigenvalue weighted by atomic mass is 16.6. The molecule has 1 amide bonds. The van der Waals surface area contributed by atoms with E-state index >= 15 is 0 Å². The minimum Gasteiger partial charge on any atom is -0.479 e. The van der Waals surface area contributed by atoms with Crippen molar-refractivity contribution in [3.8, 4) is 0 Å². The van der Waals surface area contributed by atoms with Gasteiger partial charge < -0.3 is 9.84 Å². The summed E-state index contributed by atoms with van der Waals surface area (Å²) < 4.78 is 5.44. The Bertz CT molecular complexity index is 710. The van der Waals surface area contributed by atoms with Gasteiger partial charge in [-0.2, -0.15) is 0 Å². The molecule has 2 rings (SSSR count). The molecule has 140 valence electrons. The van der Waals surface area contributed by atoms with Crippen molar-refractivity contribution in [1.29, 1.82) is 0 Å². The van der Waals surface area contributed by atoms with E-state index in [1.165, 1.54) is 4.90 Å². The zero-order valence-electron chi connectivity index (χ0n) is 15.3. The van der Waals surface area contributed by atoms with Crippen molar-refractivity contribution in [1.82, 2.24) is 4.90 Å². The van der Waals surface area contributed by atoms with Gasteiger partial charge in [0.05, 0.1) is 0 Å². The number of aliphatic carboxylic acids is 1. The number of hydrogen-bond acceptors (Lipinski definition) is 4. The molecule has 1 N–H and O–H groups in total. The van der Waals surface area contributed by atoms with Crippen molar-refractivity contribution < 1.29 is 19.4 Å². The van der Waals surface area contributed by atoms with Crippen LogP contribution in [0.2, 0.25) is 0 Å². The third-order valence-electron chi connectivity index (χ3n) is 4.34. The molecule has 0 spiro atoms. The molecule has 2 unspecified atom stereocenters. The van der Waals surface area contributed by atoms with Crippen molar-refractivity contribution in [2.45, 2.75) is 57.2 Å². The summed E-state index contributed by atoms with van der Waals surface area (Å²) in [4.78, 5) is 29.1. The Morgan fingerprint density at radius 1 is 1.38 bits per heavy atom. The molecule has 1 fully saturated rings. The van der Waals surface area contributed by atoms with Gasteiger partial charge in [0.2, 0.25) is 0 Å². The van der Waals surface area contributed by atoms with E-state index in [4.69, 9.17) is 10.3 Å². The minimum atomic E-state index is -1.53. The van der Waals surface area contributed by atoms with Crippen LogP contribution < -0.4 is 0 Å². The molecule has 8 heteroatoms. The number of carboxylic acids is 1. The number of hydrogen-bond donors (Lipinski definition) is 1. The fourth-order valence-electron chi connectivity index (χ4n) is 3.23. The number of carbonyl (C=O) groups is 2. The maximum atomic E-state index is 12.7. The molecule has 26 heavy (non-hydrogen) atoms. The minimum absolute atomic E-state index is 0.0422. The van der Waals surface area contributed by atoms with Crippen molar-refractivity contribution in [2.75, 3.05) is 6.54 Å². The number of rotatable bonds is 4. The Balaban J connectivity index is 2.44. The van der Waals surface area contributed by atoms with E-state index in [-0.39, 0.29) is 19.4 Å². The molecule has 1 saturated heterocycles. The molecule has 1 aromatic rings. The number of carbonyl (C=O) groups excluding carboxylic acids is 1. The number of ether oxygens (including phenoxy) is 1. The van der Waals surface area contributed by atoms with E-state index < -0.39 is 29.2 Å². The number of carboxylic acid groups (broad SMARTS) is 1. The van der Waals surface area contributed by atoms with E-state index in [1.54, 1.807) is 20.8 Å². The molecule has 0 aliphatic carbocycles. The van der Waals surface area contributed by atoms with Crippen molar-refractivity contribution in [2.24, 2.45) is 5.11 Å². The first kappa shape index (κ1) is 19.6. The second-order valence-electron chi connectivity index (χ2n) is 7.48. The number of piperidine rings is 1. The van der Waals surface area contributed by atoms with Gasteiger partial charge in [-0.1, -0.05) is 35.4 Å². The van der Waals surface area contributed by atoms with Gasteiger partial charge in [-0.15, -0.1) is 0 Å². The van der Waals surface area contributed by atoms with Crippen LogP contribution >= 0.6 is 0 Å². The Morgan fingerprint density at radius 3 is 2.58 bits per heavy atom. The Labute approximate surface area is 152 Å². The Morgan fingerprint density at radius 2 is 2.04 bits per heavy atom. The second-order valence-corrected chi connectivity index (χ2v) is 7.48. The third kappa shape index (κ3) is 4.46. The average molecular weight is 360 g/mol. The molecule has 1 aliphatic rings. The fourth-order valence-corrected chi connectivity index (χ4v) is 3.23. The fraction of sp³-hybridized carbons (Fsp3) is 0.556. The second kappa shape index (κ2) is 7.66. The highest BCUT2D eigenvalue weighted by Crippen LogP contribution is 2.35. The van der Waals surface area contributed by atoms with Crippen molar-refractivity contribution in [3.63, 3.8) is 0 Å². The van der Waals surface area contributed by atoms with Crippen LogP contribution in [0.1, 0.15) is 39.2 Å². The quantitative estimate of drug-likeness (QED) is 0.500. The highest BCUT2D eigenvalue weighted by Gasteiger charge is 2.51. The summed E-state index contributed by atoms with van der Waals surface area (Å²) in [7, 11) is 0. The molecule has 0 bridgehead atoms. The third-order valence-corrected chi connectivity index (χ3v) is 4.34. The van der Waals surface area contributed by atoms with Gasteiger partial charge in [0.25, 0.3) is 0 Å². The molecule has 2 atom stereocenters. The molecular formula is C18H24N4O4. The first-order chi connectivity index (χ1) is 12.2. The van der Waals surface area contributed by atoms with E-state index in [9.17, 15) is 14.7 Å². The predicted octanol–water partition coefficient (Wildman–Crippen LogP) is 3.76. The van der Waals surface area contributed by atoms with Crippen LogP contribution in [0.5, 0.6) is 0 Å². The van der Waals surface area contributed by atoms with E-state index in [2.05, 4.69) is 10.0 Å². The molecular weight excluding hydrogens is 336 g/mol. The molecule has 1 aromatic carbocycles. The number of azide groups is 1. The lowest BCUT2D eigenvalue weighted by Gasteiger charge is -2.46. The summed E-state index contributed by atoms with van der Waals surface area (Å²) >= 11 is 0. The largest absolute Gasteiger partial charge is 0.479 e. The van der Waals surface area contributed by atoms with Gasteiger partial charge in [0.1, 0.15) is 11.1 Å². The van der Waals surface area contributed by atoms with Crippen molar-refractivity contribution >= 4 is 12.1 Å². The van der Waals surface area contributed by atoms with E-state index in [0.717, 1.165) is 5.56 Å². The average Bonchev–Trinajstić information content (AvgIpc) is 2.54. The maximum Gasteiger partial charge on any atom is 0.411 e. The highest BCUT2D eigenvalue weighted by molar-refractivity contribution is 5.85. The monoisotopic (exact) mass is 360 g/mol. The van der Waals surface area contributed by atoms with Gasteiger partial charge in [-0.05, 0) is 44.7 Å². The number of likely N-dealkylation sites (tertiary alicyclic amines) is 1. The summed E-state index contributed by atoms with van der Waals surface area (Å²) in [5, 5.41) is 13.8. The van der Waals surface area contributed by atoms with Crippen LogP contribution in [0.3, 0.4) is 0 Å². The van der Waals surface area contributed by atoms with Crippen LogP contribution in [0, 0.1) is 0 Å². The van der Waals surface area contributed by atoms with E-state index in [1.807, 2.05) is 30.3 Å². The predicted molar refractivity (Wildman–Crippen MR) is 95.6 cm³/mol. The van der Waals surface area contributed by atoms with Crippen molar-refractivity contribution in [3.05, 3.63) is 46.3 Å². The van der Waals surface area contributed by atoms with Crippen LogP contribution in [-0.4, -0.2) is 45.8 Å². The summed E-state index contributed by atoms with van der Waals surface area (Å²) in [5.74, 6) is -1.13. The van der Waals surface area contributed by atoms with Gasteiger partial charge in [-0.3, -0.25) is 4.90 Å². The van der Waals surface area contributed by atoms with Crippen LogP contribution in [0.15, 0.2) is 35.4 Å². The summed E-state index contributed by atoms with van der Waals surface area (Å²) in [6.07, 6.45) is -0.122. The summed E-state index contributed by atoms with van der Waals surface area (Å²) in [6, 6.07) is 8.61. The SMILES string of the molecule is CC(C)(C)OC(=O)N1CCC(N=[N+]=[N-])CC1(Cc1ccccc1)C(=O)O. The van der Waals surface area contributed by atoms with Crippen LogP contribution in [0.25, 0.3) is 10.4 Å². The van der Waals surface area contributed by atoms with Gasteiger partial charge >= 0.3 is 12.1 Å². The summed E-state index contributed by atoms with van der Waals surface area (Å²) in [5.41, 5.74) is 7.27. The molecule has 8 nitrogen and oxygen atoms in total. The van der Waals surface area contributed by atoms with Crippen LogP contribution in [-0.2, 0) is 16.0 Å². The lowest BCUT2D eigenvalue weighted by atomic mass is 9.79. The standard InChI is InChI=1S/C18H24N4O4/c1-17(2,3)26-16(25)22-10-9-14(20-21-19)12-18(22,15(23)24)11-13-7-5-4-6-8-13/h4-8,14H,9-12H2,1-3H3,(H,23,24). The van der Waals surface area contributed by atoms with Gasteiger partial charge in [0.15, 0.2) is 0 Å². The lowest BCUT2D eigenvalue weighted by molar-refractivity contribution is -0.154. The van der Waals surface area contributed by atoms with E-state index in [0.29, 0.717) is 6.42 Å². The first-order valence-corrected chi connectivity index (χ1v) is 8.50. The number of nitrogens with zero attached hydrogens (tertiary/aromatic N) is 4. The maximum absolute atomic E-state index is 12.7. The zero-order valence-corrected chi connectivity index (χ0v) is 15.3. The van der Waals surface area contributed by atoms with Crippen LogP contribution in [0.4, 0.5) is 4.79 Å². The lowest BCUT2D eigenvalue weighted by Crippen LogP contribution is -2.63. The van der Waals surface area contributed by atoms with Gasteiger partial charge in [0, 0.05) is 23.9 Å². The topological polar surface area (TPSA) is 116 Å². The Hall–Kier alpha value is -2.73. The smallest absolute Gasteiger partial charge is 0.411 e. The summed E-state index contributed by atoms with van der Waals surface area (Å²) in [6.45, 7) is 5.35. The number of benzene rings is 1. The number of amides is 1.